The molecule has 11 heteroatoms. The largest absolute Gasteiger partial charge is 0.491 e. The van der Waals surface area contributed by atoms with Crippen LogP contribution in [-0.4, -0.2) is 52.5 Å². The summed E-state index contributed by atoms with van der Waals surface area (Å²) in [6.07, 6.45) is 2.64. The zero-order chi connectivity index (χ0) is 27.3. The van der Waals surface area contributed by atoms with E-state index in [0.29, 0.717) is 35.8 Å². The van der Waals surface area contributed by atoms with Gasteiger partial charge in [-0.25, -0.2) is 19.1 Å². The third kappa shape index (κ3) is 5.20. The molecule has 1 aliphatic heterocycles. The number of carbonyl (C=O) groups is 1. The van der Waals surface area contributed by atoms with Crippen molar-refractivity contribution in [3.8, 4) is 17.1 Å². The summed E-state index contributed by atoms with van der Waals surface area (Å²) in [5, 5.41) is 12.9. The Labute approximate surface area is 226 Å². The summed E-state index contributed by atoms with van der Waals surface area (Å²) in [4.78, 5) is 29.4. The molecule has 0 unspecified atom stereocenters. The number of fused-ring (bicyclic) bond motifs is 1. The van der Waals surface area contributed by atoms with Gasteiger partial charge in [0.25, 0.3) is 0 Å². The molecule has 2 aromatic carbocycles. The molecule has 1 saturated carbocycles. The van der Waals surface area contributed by atoms with Crippen molar-refractivity contribution in [3.63, 3.8) is 0 Å². The van der Waals surface area contributed by atoms with E-state index >= 15 is 0 Å². The zero-order valence-corrected chi connectivity index (χ0v) is 23.5. The second-order valence-electron chi connectivity index (χ2n) is 11.8. The third-order valence-corrected chi connectivity index (χ3v) is 9.12. The number of hydrogen-bond donors (Lipinski definition) is 2. The van der Waals surface area contributed by atoms with Gasteiger partial charge in [0.1, 0.15) is 29.9 Å². The van der Waals surface area contributed by atoms with Crippen molar-refractivity contribution < 1.29 is 23.8 Å². The molecule has 4 aromatic rings. The Kier molecular flexibility index (Phi) is 6.50. The highest BCUT2D eigenvalue weighted by Gasteiger charge is 2.36. The molecule has 0 radical (unpaired) electrons. The lowest BCUT2D eigenvalue weighted by molar-refractivity contribution is -0.138. The van der Waals surface area contributed by atoms with Crippen LogP contribution in [-0.2, 0) is 22.8 Å². The fraction of sp³-hybridized carbons (Fsp3) is 0.464. The van der Waals surface area contributed by atoms with Gasteiger partial charge in [0, 0.05) is 38.5 Å². The summed E-state index contributed by atoms with van der Waals surface area (Å²) in [5.41, 5.74) is 4.30. The second-order valence-corrected chi connectivity index (χ2v) is 17.4. The Morgan fingerprint density at radius 3 is 2.82 bits per heavy atom. The number of aromatic nitrogens is 3. The molecule has 2 aromatic heterocycles. The van der Waals surface area contributed by atoms with E-state index < -0.39 is 25.8 Å². The predicted molar refractivity (Wildman–Crippen MR) is 151 cm³/mol. The van der Waals surface area contributed by atoms with Crippen LogP contribution in [0.25, 0.3) is 33.5 Å². The molecule has 2 aliphatic rings. The zero-order valence-electron chi connectivity index (χ0n) is 22.5. The van der Waals surface area contributed by atoms with Gasteiger partial charge in [0.05, 0.1) is 17.6 Å². The summed E-state index contributed by atoms with van der Waals surface area (Å²) in [6.45, 7) is 8.89. The topological polar surface area (TPSA) is 121 Å². The van der Waals surface area contributed by atoms with Gasteiger partial charge >= 0.3 is 11.7 Å². The Balaban J connectivity index is 1.36. The third-order valence-electron chi connectivity index (χ3n) is 7.41. The van der Waals surface area contributed by atoms with Crippen molar-refractivity contribution in [1.82, 2.24) is 14.1 Å². The van der Waals surface area contributed by atoms with Crippen LogP contribution in [0.2, 0.25) is 25.7 Å². The number of nitrogens with one attached hydrogen (secondary N) is 1. The molecule has 1 aliphatic carbocycles. The van der Waals surface area contributed by atoms with Gasteiger partial charge in [-0.05, 0) is 55.5 Å². The number of carboxylic acids is 1. The van der Waals surface area contributed by atoms with Crippen molar-refractivity contribution >= 4 is 41.9 Å². The fourth-order valence-electron chi connectivity index (χ4n) is 5.11. The minimum absolute atomic E-state index is 0.134. The van der Waals surface area contributed by atoms with E-state index in [-0.39, 0.29) is 12.6 Å². The van der Waals surface area contributed by atoms with Crippen molar-refractivity contribution in [2.75, 3.05) is 18.5 Å². The number of benzene rings is 2. The van der Waals surface area contributed by atoms with Gasteiger partial charge in [-0.15, -0.1) is 0 Å². The van der Waals surface area contributed by atoms with Gasteiger partial charge in [0.2, 0.25) is 0 Å². The maximum absolute atomic E-state index is 12.6. The van der Waals surface area contributed by atoms with Crippen molar-refractivity contribution in [2.45, 2.75) is 64.3 Å². The smallest absolute Gasteiger partial charge is 0.421 e. The molecular formula is C28H34N4O6Si. The number of hydrogen-bond acceptors (Lipinski definition) is 7. The normalized spacial score (nSPS) is 16.3. The van der Waals surface area contributed by atoms with Crippen molar-refractivity contribution in [1.29, 1.82) is 0 Å². The first-order valence-corrected chi connectivity index (χ1v) is 17.3. The molecule has 10 nitrogen and oxygen atoms in total. The lowest BCUT2D eigenvalue weighted by atomic mass is 10.1. The highest BCUT2D eigenvalue weighted by Crippen LogP contribution is 2.39. The van der Waals surface area contributed by atoms with Crippen molar-refractivity contribution in [3.05, 3.63) is 40.9 Å². The fourth-order valence-corrected chi connectivity index (χ4v) is 5.87. The van der Waals surface area contributed by atoms with E-state index in [4.69, 9.17) is 18.9 Å². The number of rotatable bonds is 10. The van der Waals surface area contributed by atoms with Gasteiger partial charge in [-0.2, -0.15) is 0 Å². The average molecular weight is 551 g/mol. The number of aliphatic carboxylic acids is 1. The van der Waals surface area contributed by atoms with Gasteiger partial charge in [-0.3, -0.25) is 0 Å². The second kappa shape index (κ2) is 9.87. The van der Waals surface area contributed by atoms with E-state index in [2.05, 4.69) is 29.5 Å². The number of oxazole rings is 1. The molecule has 39 heavy (non-hydrogen) atoms. The lowest BCUT2D eigenvalue weighted by Crippen LogP contribution is -2.31. The van der Waals surface area contributed by atoms with Crippen LogP contribution >= 0.6 is 0 Å². The van der Waals surface area contributed by atoms with Crippen LogP contribution in [0, 0.1) is 5.92 Å². The van der Waals surface area contributed by atoms with Crippen LogP contribution in [0.5, 0.6) is 5.75 Å². The molecule has 3 heterocycles. The molecule has 1 fully saturated rings. The number of aryl methyl sites for hydroxylation is 1. The lowest BCUT2D eigenvalue weighted by Gasteiger charge is -2.16. The van der Waals surface area contributed by atoms with Crippen molar-refractivity contribution in [2.24, 2.45) is 5.92 Å². The molecule has 206 valence electrons. The van der Waals surface area contributed by atoms with Gasteiger partial charge < -0.3 is 28.9 Å². The van der Waals surface area contributed by atoms with Crippen LogP contribution < -0.4 is 15.8 Å². The molecule has 0 saturated heterocycles. The average Bonchev–Trinajstić information content (AvgIpc) is 3.62. The van der Waals surface area contributed by atoms with Crippen LogP contribution in [0.4, 0.5) is 5.69 Å². The first kappa shape index (κ1) is 25.7. The Morgan fingerprint density at radius 1 is 1.26 bits per heavy atom. The highest BCUT2D eigenvalue weighted by atomic mass is 28.3. The van der Waals surface area contributed by atoms with Crippen LogP contribution in [0.15, 0.2) is 39.5 Å². The quantitative estimate of drug-likeness (QED) is 0.209. The molecule has 2 N–H and O–H groups in total. The number of nitrogens with zero attached hydrogens (tertiary/aromatic N) is 3. The summed E-state index contributed by atoms with van der Waals surface area (Å²) in [6, 6.07) is 9.78. The van der Waals surface area contributed by atoms with Gasteiger partial charge in [0.15, 0.2) is 5.58 Å². The summed E-state index contributed by atoms with van der Waals surface area (Å²) in [7, 11) is -1.24. The van der Waals surface area contributed by atoms with E-state index in [1.54, 1.807) is 6.07 Å². The molecule has 6 rings (SSSR count). The highest BCUT2D eigenvalue weighted by molar-refractivity contribution is 6.76. The SMILES string of the molecule is C[Si](C)(C)CCOCn1c(=O)oc2ccc(-c3nc4cc(N[C@H](C(=O)O)C5CC5)cc5c4n3CCCO5)cc21. The molecular weight excluding hydrogens is 516 g/mol. The number of anilines is 1. The maximum Gasteiger partial charge on any atom is 0.421 e. The Hall–Kier alpha value is -3.57. The number of carboxylic acid groups (broad SMARTS) is 1. The summed E-state index contributed by atoms with van der Waals surface area (Å²) < 4.78 is 21.1. The van der Waals surface area contributed by atoms with E-state index in [9.17, 15) is 14.7 Å². The molecule has 0 bridgehead atoms. The van der Waals surface area contributed by atoms with Crippen LogP contribution in [0.1, 0.15) is 19.3 Å². The number of imidazole rings is 1. The number of ether oxygens (including phenoxy) is 2. The Morgan fingerprint density at radius 2 is 2.08 bits per heavy atom. The summed E-state index contributed by atoms with van der Waals surface area (Å²) >= 11 is 0. The van der Waals surface area contributed by atoms with E-state index in [0.717, 1.165) is 54.3 Å². The first-order chi connectivity index (χ1) is 18.7. The Bertz CT molecular complexity index is 1610. The van der Waals surface area contributed by atoms with Crippen LogP contribution in [0.3, 0.4) is 0 Å². The standard InChI is InChI=1S/C28H34N4O6Si/c1-39(2,3)12-11-36-16-32-21-13-18(7-8-22(21)38-28(32)35)26-30-20-14-19(29-24(27(33)34)17-5-6-17)15-23-25(20)31(26)9-4-10-37-23/h7-8,13-15,17,24,29H,4-6,9-12,16H2,1-3H3,(H,33,34)/t24-/m0/s1. The monoisotopic (exact) mass is 550 g/mol. The maximum atomic E-state index is 12.6. The summed E-state index contributed by atoms with van der Waals surface area (Å²) in [5.74, 6) is 0.289. The minimum Gasteiger partial charge on any atom is -0.491 e. The first-order valence-electron chi connectivity index (χ1n) is 13.6. The van der Waals surface area contributed by atoms with Gasteiger partial charge in [-0.1, -0.05) is 19.6 Å². The molecule has 1 atom stereocenters. The predicted octanol–water partition coefficient (Wildman–Crippen LogP) is 4.98. The molecule has 0 spiro atoms. The van der Waals surface area contributed by atoms with E-state index in [1.165, 1.54) is 4.57 Å². The molecule has 0 amide bonds. The minimum atomic E-state index is -1.24. The van der Waals surface area contributed by atoms with E-state index in [1.807, 2.05) is 24.3 Å².